The number of benzene rings is 1. The fourth-order valence-electron chi connectivity index (χ4n) is 4.17. The van der Waals surface area contributed by atoms with Gasteiger partial charge in [-0.2, -0.15) is 10.1 Å². The standard InChI is InChI=1S/C22H27N7S/c1-14-9-20-16(11-23-13-25-20)10-19(14)26-22-24-12-18-15(2)28-29(21(18)27-22)17-5-7-30(3,4)8-6-17/h9-13,17H,5-8H2,1-4H3,(H,24,26,27). The molecule has 4 aromatic rings. The highest BCUT2D eigenvalue weighted by Crippen LogP contribution is 2.48. The summed E-state index contributed by atoms with van der Waals surface area (Å²) in [5, 5.41) is 10.3. The average Bonchev–Trinajstić information content (AvgIpc) is 3.04. The Labute approximate surface area is 177 Å². The van der Waals surface area contributed by atoms with Crippen molar-refractivity contribution in [1.82, 2.24) is 29.7 Å². The van der Waals surface area contributed by atoms with Crippen molar-refractivity contribution in [2.75, 3.05) is 29.3 Å². The van der Waals surface area contributed by atoms with E-state index in [-0.39, 0.29) is 0 Å². The van der Waals surface area contributed by atoms with Crippen molar-refractivity contribution in [3.63, 3.8) is 0 Å². The van der Waals surface area contributed by atoms with Crippen LogP contribution in [0.25, 0.3) is 21.9 Å². The smallest absolute Gasteiger partial charge is 0.229 e. The van der Waals surface area contributed by atoms with Gasteiger partial charge in [0.15, 0.2) is 5.65 Å². The molecule has 5 rings (SSSR count). The SMILES string of the molecule is Cc1cc2ncncc2cc1Nc1ncc2c(C)nn(C3CCS(C)(C)CC3)c2n1. The molecule has 0 spiro atoms. The van der Waals surface area contributed by atoms with Gasteiger partial charge in [0, 0.05) is 23.5 Å². The van der Waals surface area contributed by atoms with Crippen LogP contribution in [0.3, 0.4) is 0 Å². The molecule has 4 heterocycles. The summed E-state index contributed by atoms with van der Waals surface area (Å²) < 4.78 is 2.15. The number of hydrogen-bond donors (Lipinski definition) is 1. The van der Waals surface area contributed by atoms with Crippen LogP contribution in [-0.2, 0) is 0 Å². The minimum atomic E-state index is -0.438. The lowest BCUT2D eigenvalue weighted by Gasteiger charge is -2.39. The number of aromatic nitrogens is 6. The summed E-state index contributed by atoms with van der Waals surface area (Å²) in [6.45, 7) is 4.10. The van der Waals surface area contributed by atoms with Gasteiger partial charge in [-0.1, -0.05) is 0 Å². The van der Waals surface area contributed by atoms with Gasteiger partial charge < -0.3 is 5.32 Å². The van der Waals surface area contributed by atoms with E-state index in [1.54, 1.807) is 6.33 Å². The quantitative estimate of drug-likeness (QED) is 0.523. The summed E-state index contributed by atoms with van der Waals surface area (Å²) in [4.78, 5) is 17.9. The summed E-state index contributed by atoms with van der Waals surface area (Å²) >= 11 is 0. The predicted molar refractivity (Wildman–Crippen MR) is 125 cm³/mol. The zero-order valence-electron chi connectivity index (χ0n) is 17.9. The van der Waals surface area contributed by atoms with Crippen LogP contribution < -0.4 is 5.32 Å². The van der Waals surface area contributed by atoms with Crippen LogP contribution in [0.1, 0.15) is 30.1 Å². The maximum absolute atomic E-state index is 4.88. The minimum Gasteiger partial charge on any atom is -0.324 e. The Morgan fingerprint density at radius 2 is 1.87 bits per heavy atom. The highest BCUT2D eigenvalue weighted by atomic mass is 32.3. The van der Waals surface area contributed by atoms with Crippen molar-refractivity contribution in [2.45, 2.75) is 32.7 Å². The van der Waals surface area contributed by atoms with E-state index in [0.29, 0.717) is 12.0 Å². The van der Waals surface area contributed by atoms with E-state index in [0.717, 1.165) is 38.9 Å². The number of aryl methyl sites for hydroxylation is 2. The second kappa shape index (κ2) is 7.19. The van der Waals surface area contributed by atoms with E-state index < -0.39 is 10.0 Å². The topological polar surface area (TPSA) is 81.4 Å². The molecule has 0 radical (unpaired) electrons. The average molecular weight is 422 g/mol. The molecular formula is C22H27N7S. The Morgan fingerprint density at radius 3 is 2.67 bits per heavy atom. The maximum atomic E-state index is 4.88. The van der Waals surface area contributed by atoms with Crippen LogP contribution in [0, 0.1) is 13.8 Å². The van der Waals surface area contributed by atoms with Gasteiger partial charge in [0.1, 0.15) is 6.33 Å². The predicted octanol–water partition coefficient (Wildman–Crippen LogP) is 4.53. The van der Waals surface area contributed by atoms with Crippen LogP contribution in [-0.4, -0.2) is 53.7 Å². The van der Waals surface area contributed by atoms with Gasteiger partial charge >= 0.3 is 0 Å². The summed E-state index contributed by atoms with van der Waals surface area (Å²) in [7, 11) is -0.438. The third kappa shape index (κ3) is 3.49. The molecular weight excluding hydrogens is 394 g/mol. The van der Waals surface area contributed by atoms with E-state index in [1.807, 2.05) is 25.4 Å². The molecule has 0 saturated carbocycles. The van der Waals surface area contributed by atoms with Crippen molar-refractivity contribution in [2.24, 2.45) is 0 Å². The molecule has 3 aromatic heterocycles. The molecule has 1 fully saturated rings. The molecule has 1 aliphatic heterocycles. The fraction of sp³-hybridized carbons (Fsp3) is 0.409. The van der Waals surface area contributed by atoms with Crippen molar-refractivity contribution in [3.8, 4) is 0 Å². The lowest BCUT2D eigenvalue weighted by atomic mass is 10.1. The van der Waals surface area contributed by atoms with E-state index in [4.69, 9.17) is 10.1 Å². The Morgan fingerprint density at radius 1 is 1.07 bits per heavy atom. The monoisotopic (exact) mass is 421 g/mol. The molecule has 0 aliphatic carbocycles. The van der Waals surface area contributed by atoms with Gasteiger partial charge in [0.25, 0.3) is 0 Å². The van der Waals surface area contributed by atoms with Crippen LogP contribution >= 0.6 is 10.0 Å². The van der Waals surface area contributed by atoms with Crippen LogP contribution in [0.4, 0.5) is 11.6 Å². The van der Waals surface area contributed by atoms with E-state index >= 15 is 0 Å². The molecule has 0 unspecified atom stereocenters. The van der Waals surface area contributed by atoms with E-state index in [1.165, 1.54) is 24.3 Å². The second-order valence-electron chi connectivity index (χ2n) is 8.74. The molecule has 1 N–H and O–H groups in total. The van der Waals surface area contributed by atoms with Crippen molar-refractivity contribution in [1.29, 1.82) is 0 Å². The third-order valence-corrected chi connectivity index (χ3v) is 8.77. The first-order valence-electron chi connectivity index (χ1n) is 10.3. The zero-order valence-corrected chi connectivity index (χ0v) is 18.7. The molecule has 7 nitrogen and oxygen atoms in total. The first-order valence-corrected chi connectivity index (χ1v) is 13.1. The number of rotatable bonds is 3. The number of nitrogens with one attached hydrogen (secondary N) is 1. The van der Waals surface area contributed by atoms with Crippen molar-refractivity contribution >= 4 is 43.6 Å². The van der Waals surface area contributed by atoms with Gasteiger partial charge in [-0.25, -0.2) is 29.7 Å². The first kappa shape index (κ1) is 19.2. The molecule has 1 aromatic carbocycles. The second-order valence-corrected chi connectivity index (χ2v) is 13.1. The highest BCUT2D eigenvalue weighted by molar-refractivity contribution is 8.32. The lowest BCUT2D eigenvalue weighted by molar-refractivity contribution is 0.432. The Bertz CT molecular complexity index is 1240. The van der Waals surface area contributed by atoms with Crippen molar-refractivity contribution in [3.05, 3.63) is 42.1 Å². The fourth-order valence-corrected chi connectivity index (χ4v) is 6.19. The Kier molecular flexibility index (Phi) is 4.61. The molecule has 1 aliphatic rings. The van der Waals surface area contributed by atoms with Crippen LogP contribution in [0.5, 0.6) is 0 Å². The molecule has 8 heteroatoms. The summed E-state index contributed by atoms with van der Waals surface area (Å²) in [5.74, 6) is 3.18. The molecule has 0 bridgehead atoms. The highest BCUT2D eigenvalue weighted by Gasteiger charge is 2.27. The molecule has 1 saturated heterocycles. The number of anilines is 2. The van der Waals surface area contributed by atoms with Gasteiger partial charge in [-0.15, -0.1) is 0 Å². The van der Waals surface area contributed by atoms with Crippen LogP contribution in [0.2, 0.25) is 0 Å². The molecule has 30 heavy (non-hydrogen) atoms. The third-order valence-electron chi connectivity index (χ3n) is 6.08. The van der Waals surface area contributed by atoms with Gasteiger partial charge in [0.2, 0.25) is 5.95 Å². The summed E-state index contributed by atoms with van der Waals surface area (Å²) in [6, 6.07) is 4.52. The van der Waals surface area contributed by atoms with Crippen molar-refractivity contribution < 1.29 is 0 Å². The van der Waals surface area contributed by atoms with Gasteiger partial charge in [-0.3, -0.25) is 0 Å². The first-order chi connectivity index (χ1) is 14.4. The minimum absolute atomic E-state index is 0.420. The number of hydrogen-bond acceptors (Lipinski definition) is 6. The summed E-state index contributed by atoms with van der Waals surface area (Å²) in [6.07, 6.45) is 12.5. The van der Waals surface area contributed by atoms with E-state index in [9.17, 15) is 0 Å². The Balaban J connectivity index is 1.50. The molecule has 0 atom stereocenters. The largest absolute Gasteiger partial charge is 0.324 e. The molecule has 156 valence electrons. The maximum Gasteiger partial charge on any atom is 0.229 e. The van der Waals surface area contributed by atoms with Gasteiger partial charge in [-0.05, 0) is 68.4 Å². The summed E-state index contributed by atoms with van der Waals surface area (Å²) in [5.41, 5.74) is 4.90. The number of nitrogens with zero attached hydrogens (tertiary/aromatic N) is 6. The van der Waals surface area contributed by atoms with E-state index in [2.05, 4.69) is 50.5 Å². The zero-order chi connectivity index (χ0) is 20.9. The Hall–Kier alpha value is -2.74. The molecule has 0 amide bonds. The van der Waals surface area contributed by atoms with Crippen LogP contribution in [0.15, 0.2) is 30.9 Å². The number of fused-ring (bicyclic) bond motifs is 2. The normalized spacial score (nSPS) is 18.0. The van der Waals surface area contributed by atoms with Gasteiger partial charge in [0.05, 0.1) is 22.6 Å². The lowest BCUT2D eigenvalue weighted by Crippen LogP contribution is -2.23.